The highest BCUT2D eigenvalue weighted by molar-refractivity contribution is 7.00. The van der Waals surface area contributed by atoms with Crippen LogP contribution in [0.25, 0.3) is 11.0 Å². The lowest BCUT2D eigenvalue weighted by molar-refractivity contribution is -0.132. The molecule has 2 aliphatic heterocycles. The second kappa shape index (κ2) is 5.77. The lowest BCUT2D eigenvalue weighted by Gasteiger charge is -2.43. The second-order valence-electron chi connectivity index (χ2n) is 5.96. The van der Waals surface area contributed by atoms with Crippen LogP contribution < -0.4 is 5.32 Å². The molecule has 2 aromatic rings. The summed E-state index contributed by atoms with van der Waals surface area (Å²) in [4.78, 5) is 27.5. The first-order valence-corrected chi connectivity index (χ1v) is 8.48. The number of fused-ring (bicyclic) bond motifs is 1. The Kier molecular flexibility index (Phi) is 3.60. The molecule has 3 heterocycles. The summed E-state index contributed by atoms with van der Waals surface area (Å²) in [6.07, 6.45) is 1.58. The van der Waals surface area contributed by atoms with Crippen molar-refractivity contribution in [2.45, 2.75) is 25.4 Å². The third-order valence-corrected chi connectivity index (χ3v) is 5.04. The average Bonchev–Trinajstić information content (AvgIpc) is 3.13. The highest BCUT2D eigenvalue weighted by Crippen LogP contribution is 2.21. The molecular weight excluding hydrogens is 314 g/mol. The van der Waals surface area contributed by atoms with Crippen LogP contribution in [0.5, 0.6) is 0 Å². The third kappa shape index (κ3) is 2.63. The fourth-order valence-corrected chi connectivity index (χ4v) is 3.73. The van der Waals surface area contributed by atoms with Crippen molar-refractivity contribution in [2.75, 3.05) is 19.6 Å². The van der Waals surface area contributed by atoms with Crippen LogP contribution in [0.15, 0.2) is 18.2 Å². The first-order valence-electron chi connectivity index (χ1n) is 7.75. The Bertz CT molecular complexity index is 755. The number of nitrogens with one attached hydrogen (secondary N) is 1. The maximum Gasteiger partial charge on any atom is 0.317 e. The van der Waals surface area contributed by atoms with Gasteiger partial charge in [-0.25, -0.2) is 4.79 Å². The SMILES string of the molecule is O=C(NCc1cccc2nsnc12)N1CC(N2CCCC2=O)C1. The summed E-state index contributed by atoms with van der Waals surface area (Å²) in [7, 11) is 0. The summed E-state index contributed by atoms with van der Waals surface area (Å²) in [5, 5.41) is 2.93. The number of carbonyl (C=O) groups is 2. The lowest BCUT2D eigenvalue weighted by atomic mass is 10.1. The maximum absolute atomic E-state index is 12.2. The van der Waals surface area contributed by atoms with E-state index >= 15 is 0 Å². The smallest absolute Gasteiger partial charge is 0.317 e. The Labute approximate surface area is 137 Å². The number of urea groups is 1. The molecule has 1 aromatic carbocycles. The van der Waals surface area contributed by atoms with Crippen molar-refractivity contribution < 1.29 is 9.59 Å². The fraction of sp³-hybridized carbons (Fsp3) is 0.467. The van der Waals surface area contributed by atoms with Gasteiger partial charge in [-0.15, -0.1) is 0 Å². The quantitative estimate of drug-likeness (QED) is 0.917. The van der Waals surface area contributed by atoms with Crippen LogP contribution >= 0.6 is 11.7 Å². The van der Waals surface area contributed by atoms with Crippen molar-refractivity contribution in [3.63, 3.8) is 0 Å². The van der Waals surface area contributed by atoms with Crippen LogP contribution in [0.3, 0.4) is 0 Å². The highest BCUT2D eigenvalue weighted by atomic mass is 32.1. The van der Waals surface area contributed by atoms with Gasteiger partial charge in [-0.1, -0.05) is 12.1 Å². The molecule has 2 aliphatic rings. The normalized spacial score (nSPS) is 18.5. The van der Waals surface area contributed by atoms with Crippen LogP contribution in [-0.4, -0.2) is 56.2 Å². The molecule has 3 amide bonds. The van der Waals surface area contributed by atoms with Gasteiger partial charge < -0.3 is 15.1 Å². The van der Waals surface area contributed by atoms with Crippen molar-refractivity contribution in [3.8, 4) is 0 Å². The zero-order valence-corrected chi connectivity index (χ0v) is 13.4. The summed E-state index contributed by atoms with van der Waals surface area (Å²) in [5.74, 6) is 0.220. The molecule has 0 bridgehead atoms. The number of hydrogen-bond donors (Lipinski definition) is 1. The predicted octanol–water partition coefficient (Wildman–Crippen LogP) is 1.21. The summed E-state index contributed by atoms with van der Waals surface area (Å²) in [6.45, 7) is 2.52. The number of carbonyl (C=O) groups excluding carboxylic acids is 2. The summed E-state index contributed by atoms with van der Waals surface area (Å²) >= 11 is 1.18. The molecule has 7 nitrogen and oxygen atoms in total. The van der Waals surface area contributed by atoms with Crippen LogP contribution in [0.2, 0.25) is 0 Å². The molecule has 0 spiro atoms. The van der Waals surface area contributed by atoms with Crippen LogP contribution in [0.4, 0.5) is 4.79 Å². The molecule has 1 aromatic heterocycles. The number of rotatable bonds is 3. The molecular formula is C15H17N5O2S. The van der Waals surface area contributed by atoms with Gasteiger partial charge in [0.05, 0.1) is 17.8 Å². The Hall–Kier alpha value is -2.22. The molecule has 0 saturated carbocycles. The summed E-state index contributed by atoms with van der Waals surface area (Å²) < 4.78 is 8.47. The summed E-state index contributed by atoms with van der Waals surface area (Å²) in [5.41, 5.74) is 2.68. The largest absolute Gasteiger partial charge is 0.336 e. The molecule has 0 radical (unpaired) electrons. The molecule has 0 aliphatic carbocycles. The Morgan fingerprint density at radius 3 is 3.00 bits per heavy atom. The van der Waals surface area contributed by atoms with Gasteiger partial charge in [0.15, 0.2) is 0 Å². The van der Waals surface area contributed by atoms with E-state index in [4.69, 9.17) is 0 Å². The van der Waals surface area contributed by atoms with Crippen molar-refractivity contribution in [3.05, 3.63) is 23.8 Å². The first kappa shape index (κ1) is 14.4. The van der Waals surface area contributed by atoms with Crippen LogP contribution in [-0.2, 0) is 11.3 Å². The Morgan fingerprint density at radius 1 is 1.35 bits per heavy atom. The fourth-order valence-electron chi connectivity index (χ4n) is 3.16. The lowest BCUT2D eigenvalue weighted by Crippen LogP contribution is -2.63. The monoisotopic (exact) mass is 331 g/mol. The van der Waals surface area contributed by atoms with Gasteiger partial charge in [0.2, 0.25) is 5.91 Å². The average molecular weight is 331 g/mol. The minimum atomic E-state index is -0.0897. The van der Waals surface area contributed by atoms with Gasteiger partial charge in [-0.2, -0.15) is 8.75 Å². The summed E-state index contributed by atoms with van der Waals surface area (Å²) in [6, 6.07) is 5.89. The number of amides is 3. The van der Waals surface area contributed by atoms with Crippen LogP contribution in [0, 0.1) is 0 Å². The minimum Gasteiger partial charge on any atom is -0.336 e. The van der Waals surface area contributed by atoms with E-state index in [0.717, 1.165) is 29.6 Å². The number of benzene rings is 1. The molecule has 1 N–H and O–H groups in total. The molecule has 23 heavy (non-hydrogen) atoms. The topological polar surface area (TPSA) is 78.4 Å². The zero-order chi connectivity index (χ0) is 15.8. The van der Waals surface area contributed by atoms with Gasteiger partial charge in [0.1, 0.15) is 11.0 Å². The Balaban J connectivity index is 1.31. The molecule has 0 atom stereocenters. The van der Waals surface area contributed by atoms with Crippen molar-refractivity contribution in [1.82, 2.24) is 23.9 Å². The van der Waals surface area contributed by atoms with Gasteiger partial charge >= 0.3 is 6.03 Å². The zero-order valence-electron chi connectivity index (χ0n) is 12.6. The van der Waals surface area contributed by atoms with Gasteiger partial charge in [-0.3, -0.25) is 4.79 Å². The molecule has 4 rings (SSSR count). The third-order valence-electron chi connectivity index (χ3n) is 4.50. The molecule has 0 unspecified atom stereocenters. The van der Waals surface area contributed by atoms with E-state index in [1.165, 1.54) is 11.7 Å². The van der Waals surface area contributed by atoms with E-state index < -0.39 is 0 Å². The van der Waals surface area contributed by atoms with Crippen molar-refractivity contribution in [1.29, 1.82) is 0 Å². The maximum atomic E-state index is 12.2. The standard InChI is InChI=1S/C15H17N5O2S/c21-13-5-2-6-20(13)11-8-19(9-11)15(22)16-7-10-3-1-4-12-14(10)18-23-17-12/h1,3-4,11H,2,5-9H2,(H,16,22). The molecule has 120 valence electrons. The number of hydrogen-bond acceptors (Lipinski definition) is 5. The molecule has 2 fully saturated rings. The minimum absolute atomic E-state index is 0.0897. The number of likely N-dealkylation sites (tertiary alicyclic amines) is 2. The Morgan fingerprint density at radius 2 is 2.22 bits per heavy atom. The van der Waals surface area contributed by atoms with Gasteiger partial charge in [0, 0.05) is 38.2 Å². The van der Waals surface area contributed by atoms with E-state index in [-0.39, 0.29) is 18.0 Å². The van der Waals surface area contributed by atoms with Crippen molar-refractivity contribution in [2.24, 2.45) is 0 Å². The van der Waals surface area contributed by atoms with Gasteiger partial charge in [-0.05, 0) is 12.5 Å². The predicted molar refractivity (Wildman–Crippen MR) is 86.0 cm³/mol. The second-order valence-corrected chi connectivity index (χ2v) is 6.49. The highest BCUT2D eigenvalue weighted by Gasteiger charge is 2.38. The van der Waals surface area contributed by atoms with E-state index in [2.05, 4.69) is 14.1 Å². The molecule has 8 heteroatoms. The first-order chi connectivity index (χ1) is 11.2. The van der Waals surface area contributed by atoms with Crippen molar-refractivity contribution >= 4 is 34.7 Å². The van der Waals surface area contributed by atoms with Crippen LogP contribution in [0.1, 0.15) is 18.4 Å². The molecule has 2 saturated heterocycles. The van der Waals surface area contributed by atoms with E-state index in [1.54, 1.807) is 4.90 Å². The van der Waals surface area contributed by atoms with Gasteiger partial charge in [0.25, 0.3) is 0 Å². The van der Waals surface area contributed by atoms with E-state index in [1.807, 2.05) is 23.1 Å². The van der Waals surface area contributed by atoms with E-state index in [0.29, 0.717) is 26.1 Å². The number of nitrogens with zero attached hydrogens (tertiary/aromatic N) is 4. The van der Waals surface area contributed by atoms with E-state index in [9.17, 15) is 9.59 Å². The number of aromatic nitrogens is 2.